The van der Waals surface area contributed by atoms with Gasteiger partial charge in [0, 0.05) is 11.5 Å². The summed E-state index contributed by atoms with van der Waals surface area (Å²) < 4.78 is 6.11. The summed E-state index contributed by atoms with van der Waals surface area (Å²) in [5.41, 5.74) is 2.56. The van der Waals surface area contributed by atoms with Crippen LogP contribution in [0.5, 0.6) is 0 Å². The van der Waals surface area contributed by atoms with E-state index < -0.39 is 6.09 Å². The molecule has 1 aliphatic heterocycles. The largest absolute Gasteiger partial charge is 0.445 e. The molecule has 1 heterocycles. The SMILES string of the molecule is C=CC[C@H]1c2ccccc2C(=O)N1C(=O)O[C@H]1CCCC[C@@H]1C(C)(C)c1ccccc1. The Kier molecular flexibility index (Phi) is 5.99. The molecule has 4 heteroatoms. The average Bonchev–Trinajstić information content (AvgIpc) is 3.07. The summed E-state index contributed by atoms with van der Waals surface area (Å²) in [6, 6.07) is 17.5. The Hall–Kier alpha value is -2.88. The van der Waals surface area contributed by atoms with E-state index in [-0.39, 0.29) is 29.4 Å². The van der Waals surface area contributed by atoms with Gasteiger partial charge in [0.15, 0.2) is 0 Å². The van der Waals surface area contributed by atoms with Gasteiger partial charge in [0.25, 0.3) is 5.91 Å². The molecule has 0 saturated heterocycles. The Morgan fingerprint density at radius 1 is 1.10 bits per heavy atom. The minimum Gasteiger partial charge on any atom is -0.445 e. The lowest BCUT2D eigenvalue weighted by Gasteiger charge is -2.42. The van der Waals surface area contributed by atoms with Crippen molar-refractivity contribution in [1.29, 1.82) is 0 Å². The standard InChI is InChI=1S/C27H31NO3/c1-4-12-23-20-15-8-9-16-21(20)25(29)28(23)26(30)31-24-18-11-10-17-22(24)27(2,3)19-13-6-5-7-14-19/h4-9,13-16,22-24H,1,10-12,17-18H2,2-3H3/t22-,23-,24-/m0/s1. The summed E-state index contributed by atoms with van der Waals surface area (Å²) in [5, 5.41) is 0. The number of amides is 2. The number of imide groups is 1. The van der Waals surface area contributed by atoms with Crippen molar-refractivity contribution in [2.24, 2.45) is 5.92 Å². The van der Waals surface area contributed by atoms with Gasteiger partial charge in [-0.1, -0.05) is 74.9 Å². The van der Waals surface area contributed by atoms with Crippen molar-refractivity contribution >= 4 is 12.0 Å². The summed E-state index contributed by atoms with van der Waals surface area (Å²) in [6.07, 6.45) is 5.51. The van der Waals surface area contributed by atoms with Crippen LogP contribution in [0.2, 0.25) is 0 Å². The molecule has 2 aromatic rings. The molecule has 2 amide bonds. The molecule has 1 saturated carbocycles. The number of hydrogen-bond acceptors (Lipinski definition) is 3. The molecule has 0 unspecified atom stereocenters. The van der Waals surface area contributed by atoms with E-state index in [1.807, 2.05) is 24.3 Å². The van der Waals surface area contributed by atoms with Crippen molar-refractivity contribution in [2.75, 3.05) is 0 Å². The summed E-state index contributed by atoms with van der Waals surface area (Å²) >= 11 is 0. The zero-order valence-corrected chi connectivity index (χ0v) is 18.4. The molecule has 0 N–H and O–H groups in total. The fourth-order valence-corrected chi connectivity index (χ4v) is 5.32. The molecule has 0 spiro atoms. The Morgan fingerprint density at radius 3 is 2.52 bits per heavy atom. The third kappa shape index (κ3) is 3.91. The Balaban J connectivity index is 1.58. The van der Waals surface area contributed by atoms with Crippen molar-refractivity contribution in [2.45, 2.75) is 63.5 Å². The fourth-order valence-electron chi connectivity index (χ4n) is 5.32. The molecular formula is C27H31NO3. The number of hydrogen-bond donors (Lipinski definition) is 0. The van der Waals surface area contributed by atoms with Crippen LogP contribution in [0.25, 0.3) is 0 Å². The smallest absolute Gasteiger partial charge is 0.417 e. The summed E-state index contributed by atoms with van der Waals surface area (Å²) in [4.78, 5) is 27.7. The first-order chi connectivity index (χ1) is 14.9. The van der Waals surface area contributed by atoms with Gasteiger partial charge in [0.1, 0.15) is 6.10 Å². The van der Waals surface area contributed by atoms with E-state index in [1.165, 1.54) is 10.5 Å². The molecule has 4 nitrogen and oxygen atoms in total. The van der Waals surface area contributed by atoms with E-state index in [0.29, 0.717) is 12.0 Å². The van der Waals surface area contributed by atoms with E-state index in [1.54, 1.807) is 12.1 Å². The van der Waals surface area contributed by atoms with Gasteiger partial charge in [0.05, 0.1) is 6.04 Å². The number of carbonyl (C=O) groups is 2. The van der Waals surface area contributed by atoms with E-state index in [9.17, 15) is 9.59 Å². The second-order valence-corrected chi connectivity index (χ2v) is 9.20. The highest BCUT2D eigenvalue weighted by atomic mass is 16.6. The van der Waals surface area contributed by atoms with Crippen LogP contribution in [-0.2, 0) is 10.2 Å². The second kappa shape index (κ2) is 8.70. The molecule has 162 valence electrons. The maximum absolute atomic E-state index is 13.3. The van der Waals surface area contributed by atoms with Crippen LogP contribution in [0.4, 0.5) is 4.79 Å². The van der Waals surface area contributed by atoms with Crippen LogP contribution in [0, 0.1) is 5.92 Å². The maximum atomic E-state index is 13.3. The van der Waals surface area contributed by atoms with E-state index in [4.69, 9.17) is 4.74 Å². The van der Waals surface area contributed by atoms with Crippen LogP contribution in [0.1, 0.15) is 73.5 Å². The lowest BCUT2D eigenvalue weighted by Crippen LogP contribution is -2.45. The van der Waals surface area contributed by atoms with E-state index in [0.717, 1.165) is 31.2 Å². The van der Waals surface area contributed by atoms with Crippen molar-refractivity contribution in [3.8, 4) is 0 Å². The predicted molar refractivity (Wildman–Crippen MR) is 122 cm³/mol. The van der Waals surface area contributed by atoms with Gasteiger partial charge < -0.3 is 4.74 Å². The molecule has 1 fully saturated rings. The van der Waals surface area contributed by atoms with Gasteiger partial charge in [0.2, 0.25) is 0 Å². The van der Waals surface area contributed by atoms with E-state index >= 15 is 0 Å². The zero-order valence-electron chi connectivity index (χ0n) is 18.4. The van der Waals surface area contributed by atoms with Crippen LogP contribution >= 0.6 is 0 Å². The summed E-state index contributed by atoms with van der Waals surface area (Å²) in [5.74, 6) is -0.0762. The molecule has 0 aromatic heterocycles. The monoisotopic (exact) mass is 417 g/mol. The fraction of sp³-hybridized carbons (Fsp3) is 0.407. The van der Waals surface area contributed by atoms with Gasteiger partial charge in [-0.2, -0.15) is 0 Å². The highest BCUT2D eigenvalue weighted by Gasteiger charge is 2.44. The maximum Gasteiger partial charge on any atom is 0.417 e. The minimum atomic E-state index is -0.534. The predicted octanol–water partition coefficient (Wildman–Crippen LogP) is 6.43. The number of benzene rings is 2. The Labute approximate surface area is 184 Å². The Morgan fingerprint density at radius 2 is 1.77 bits per heavy atom. The molecule has 31 heavy (non-hydrogen) atoms. The van der Waals surface area contributed by atoms with Crippen LogP contribution in [0.15, 0.2) is 67.3 Å². The quantitative estimate of drug-likeness (QED) is 0.527. The average molecular weight is 418 g/mol. The van der Waals surface area contributed by atoms with Crippen LogP contribution in [-0.4, -0.2) is 23.0 Å². The molecule has 3 atom stereocenters. The topological polar surface area (TPSA) is 46.6 Å². The lowest BCUT2D eigenvalue weighted by molar-refractivity contribution is -0.00769. The first-order valence-electron chi connectivity index (χ1n) is 11.2. The first-order valence-corrected chi connectivity index (χ1v) is 11.2. The third-order valence-corrected chi connectivity index (χ3v) is 7.07. The normalized spacial score (nSPS) is 23.4. The molecular weight excluding hydrogens is 386 g/mol. The van der Waals surface area contributed by atoms with Gasteiger partial charge >= 0.3 is 6.09 Å². The molecule has 0 radical (unpaired) electrons. The lowest BCUT2D eigenvalue weighted by atomic mass is 9.66. The van der Waals surface area contributed by atoms with Crippen molar-refractivity contribution in [3.05, 3.63) is 83.9 Å². The molecule has 2 aliphatic rings. The van der Waals surface area contributed by atoms with Crippen molar-refractivity contribution < 1.29 is 14.3 Å². The number of nitrogens with zero attached hydrogens (tertiary/aromatic N) is 1. The number of carbonyl (C=O) groups excluding carboxylic acids is 2. The summed E-state index contributed by atoms with van der Waals surface area (Å²) in [7, 11) is 0. The van der Waals surface area contributed by atoms with Gasteiger partial charge in [-0.25, -0.2) is 9.69 Å². The molecule has 0 bridgehead atoms. The number of rotatable bonds is 5. The minimum absolute atomic E-state index is 0.134. The zero-order chi connectivity index (χ0) is 22.0. The first kappa shape index (κ1) is 21.4. The van der Waals surface area contributed by atoms with Gasteiger partial charge in [-0.3, -0.25) is 4.79 Å². The van der Waals surface area contributed by atoms with Gasteiger partial charge in [-0.15, -0.1) is 6.58 Å². The number of ether oxygens (including phenoxy) is 1. The third-order valence-electron chi connectivity index (χ3n) is 7.07. The second-order valence-electron chi connectivity index (χ2n) is 9.20. The molecule has 1 aliphatic carbocycles. The highest BCUT2D eigenvalue weighted by Crippen LogP contribution is 2.43. The van der Waals surface area contributed by atoms with E-state index in [2.05, 4.69) is 44.7 Å². The van der Waals surface area contributed by atoms with Crippen LogP contribution in [0.3, 0.4) is 0 Å². The van der Waals surface area contributed by atoms with Crippen molar-refractivity contribution in [1.82, 2.24) is 4.90 Å². The highest BCUT2D eigenvalue weighted by molar-refractivity contribution is 6.07. The molecule has 4 rings (SSSR count). The molecule has 2 aromatic carbocycles. The van der Waals surface area contributed by atoms with Gasteiger partial charge in [-0.05, 0) is 48.3 Å². The number of fused-ring (bicyclic) bond motifs is 1. The summed E-state index contributed by atoms with van der Waals surface area (Å²) in [6.45, 7) is 8.28. The van der Waals surface area contributed by atoms with Crippen molar-refractivity contribution in [3.63, 3.8) is 0 Å². The Bertz CT molecular complexity index is 965. The van der Waals surface area contributed by atoms with Crippen LogP contribution < -0.4 is 0 Å².